The average Bonchev–Trinajstić information content (AvgIpc) is 2.63. The summed E-state index contributed by atoms with van der Waals surface area (Å²) >= 11 is 5.73. The van der Waals surface area contributed by atoms with Gasteiger partial charge in [0.25, 0.3) is 0 Å². The van der Waals surface area contributed by atoms with Crippen molar-refractivity contribution in [3.8, 4) is 11.5 Å². The van der Waals surface area contributed by atoms with Gasteiger partial charge in [0.15, 0.2) is 5.11 Å². The third-order valence-corrected chi connectivity index (χ3v) is 4.38. The summed E-state index contributed by atoms with van der Waals surface area (Å²) in [4.78, 5) is 3.94. The first-order valence-electron chi connectivity index (χ1n) is 9.14. The summed E-state index contributed by atoms with van der Waals surface area (Å²) in [6, 6.07) is 15.8. The maximum Gasteiger partial charge on any atom is 0.184 e. The highest BCUT2D eigenvalue weighted by Gasteiger charge is 2.25. The highest BCUT2D eigenvalue weighted by atomic mass is 32.1. The normalized spacial score (nSPS) is 14.8. The number of nitrogens with zero attached hydrogens (tertiary/aromatic N) is 2. The number of benzene rings is 2. The topological polar surface area (TPSA) is 34.2 Å². The van der Waals surface area contributed by atoms with Crippen LogP contribution in [0, 0.1) is 0 Å². The van der Waals surface area contributed by atoms with E-state index in [0.29, 0.717) is 18.6 Å². The molecule has 2 aromatic carbocycles. The Morgan fingerprint density at radius 1 is 0.741 bits per heavy atom. The Balaban J connectivity index is 1.73. The molecule has 1 aliphatic rings. The predicted molar refractivity (Wildman–Crippen MR) is 113 cm³/mol. The summed E-state index contributed by atoms with van der Waals surface area (Å²) in [5.41, 5.74) is 1.95. The number of rotatable bonds is 6. The number of anilines is 2. The first kappa shape index (κ1) is 19.5. The van der Waals surface area contributed by atoms with Gasteiger partial charge in [0.1, 0.15) is 25.0 Å². The molecule has 5 nitrogen and oxygen atoms in total. The Morgan fingerprint density at radius 3 is 1.44 bits per heavy atom. The van der Waals surface area contributed by atoms with Crippen LogP contribution in [0.4, 0.5) is 11.4 Å². The van der Waals surface area contributed by atoms with E-state index in [1.54, 1.807) is 0 Å². The van der Waals surface area contributed by atoms with Crippen molar-refractivity contribution < 1.29 is 14.2 Å². The molecular formula is C21H26N2O3S. The molecule has 0 aromatic heterocycles. The average molecular weight is 387 g/mol. The minimum Gasteiger partial charge on any atom is -0.491 e. The zero-order valence-corrected chi connectivity index (χ0v) is 17.0. The van der Waals surface area contributed by atoms with Crippen molar-refractivity contribution in [1.29, 1.82) is 0 Å². The van der Waals surface area contributed by atoms with E-state index >= 15 is 0 Å². The van der Waals surface area contributed by atoms with Gasteiger partial charge >= 0.3 is 0 Å². The highest BCUT2D eigenvalue weighted by molar-refractivity contribution is 7.80. The molecule has 144 valence electrons. The van der Waals surface area contributed by atoms with Crippen LogP contribution >= 0.6 is 12.2 Å². The van der Waals surface area contributed by atoms with E-state index in [1.165, 1.54) is 0 Å². The largest absolute Gasteiger partial charge is 0.491 e. The molecule has 0 aliphatic carbocycles. The van der Waals surface area contributed by atoms with Crippen LogP contribution in [0.2, 0.25) is 0 Å². The summed E-state index contributed by atoms with van der Waals surface area (Å²) in [5.74, 6) is 1.69. The van der Waals surface area contributed by atoms with Gasteiger partial charge in [-0.3, -0.25) is 9.80 Å². The van der Waals surface area contributed by atoms with Crippen molar-refractivity contribution in [3.63, 3.8) is 0 Å². The van der Waals surface area contributed by atoms with Crippen molar-refractivity contribution in [2.24, 2.45) is 0 Å². The fourth-order valence-electron chi connectivity index (χ4n) is 2.80. The Morgan fingerprint density at radius 2 is 1.11 bits per heavy atom. The molecule has 6 heteroatoms. The summed E-state index contributed by atoms with van der Waals surface area (Å²) in [7, 11) is 0. The van der Waals surface area contributed by atoms with Crippen molar-refractivity contribution in [1.82, 2.24) is 0 Å². The first-order valence-corrected chi connectivity index (χ1v) is 9.55. The second-order valence-electron chi connectivity index (χ2n) is 6.92. The molecule has 27 heavy (non-hydrogen) atoms. The Hall–Kier alpha value is -2.31. The number of hydrogen-bond acceptors (Lipinski definition) is 4. The molecule has 0 radical (unpaired) electrons. The third-order valence-electron chi connectivity index (χ3n) is 3.94. The molecular weight excluding hydrogens is 360 g/mol. The SMILES string of the molecule is CC(C)Oc1ccc(N2COCN(c3ccc(OC(C)C)cc3)C2=S)cc1. The van der Waals surface area contributed by atoms with Gasteiger partial charge in [0, 0.05) is 11.4 Å². The van der Waals surface area contributed by atoms with E-state index in [9.17, 15) is 0 Å². The lowest BCUT2D eigenvalue weighted by molar-refractivity contribution is 0.138. The molecule has 1 saturated heterocycles. The lowest BCUT2D eigenvalue weighted by Crippen LogP contribution is -2.50. The standard InChI is InChI=1S/C21H26N2O3S/c1-15(2)25-19-9-5-17(6-10-19)22-13-24-14-23(21(22)27)18-7-11-20(12-8-18)26-16(3)4/h5-12,15-16H,13-14H2,1-4H3. The Bertz CT molecular complexity index is 697. The molecule has 0 amide bonds. The zero-order valence-electron chi connectivity index (χ0n) is 16.2. The molecule has 1 heterocycles. The lowest BCUT2D eigenvalue weighted by atomic mass is 10.2. The summed E-state index contributed by atoms with van der Waals surface area (Å²) in [6.45, 7) is 8.89. The molecule has 0 bridgehead atoms. The van der Waals surface area contributed by atoms with Crippen molar-refractivity contribution in [2.45, 2.75) is 39.9 Å². The summed E-state index contributed by atoms with van der Waals surface area (Å²) in [5, 5.41) is 0.705. The molecule has 0 saturated carbocycles. The van der Waals surface area contributed by atoms with Crippen molar-refractivity contribution in [3.05, 3.63) is 48.5 Å². The third kappa shape index (κ3) is 4.90. The van der Waals surface area contributed by atoms with Gasteiger partial charge in [-0.1, -0.05) is 0 Å². The molecule has 0 unspecified atom stereocenters. The predicted octanol–water partition coefficient (Wildman–Crippen LogP) is 4.80. The second-order valence-corrected chi connectivity index (χ2v) is 7.29. The fraction of sp³-hybridized carbons (Fsp3) is 0.381. The van der Waals surface area contributed by atoms with Crippen LogP contribution in [0.15, 0.2) is 48.5 Å². The van der Waals surface area contributed by atoms with Gasteiger partial charge in [-0.25, -0.2) is 0 Å². The molecule has 1 aliphatic heterocycles. The minimum atomic E-state index is 0.147. The number of ether oxygens (including phenoxy) is 3. The smallest absolute Gasteiger partial charge is 0.184 e. The molecule has 0 spiro atoms. The van der Waals surface area contributed by atoms with Gasteiger partial charge in [-0.2, -0.15) is 0 Å². The van der Waals surface area contributed by atoms with Crippen molar-refractivity contribution in [2.75, 3.05) is 23.3 Å². The van der Waals surface area contributed by atoms with E-state index in [2.05, 4.69) is 0 Å². The molecule has 0 atom stereocenters. The quantitative estimate of drug-likeness (QED) is 0.663. The van der Waals surface area contributed by atoms with Crippen LogP contribution in [0.5, 0.6) is 11.5 Å². The van der Waals surface area contributed by atoms with E-state index in [1.807, 2.05) is 86.0 Å². The van der Waals surface area contributed by atoms with Crippen LogP contribution in [0.3, 0.4) is 0 Å². The van der Waals surface area contributed by atoms with Crippen molar-refractivity contribution >= 4 is 28.7 Å². The lowest BCUT2D eigenvalue weighted by Gasteiger charge is -2.38. The second kappa shape index (κ2) is 8.59. The van der Waals surface area contributed by atoms with Gasteiger partial charge < -0.3 is 14.2 Å². The molecule has 3 rings (SSSR count). The van der Waals surface area contributed by atoms with Crippen LogP contribution in [-0.4, -0.2) is 30.8 Å². The van der Waals surface area contributed by atoms with Gasteiger partial charge in [-0.05, 0) is 88.4 Å². The fourth-order valence-corrected chi connectivity index (χ4v) is 3.12. The summed E-state index contributed by atoms with van der Waals surface area (Å²) < 4.78 is 17.2. The maximum atomic E-state index is 5.77. The van der Waals surface area contributed by atoms with Gasteiger partial charge in [0.2, 0.25) is 0 Å². The molecule has 0 N–H and O–H groups in total. The maximum absolute atomic E-state index is 5.77. The first-order chi connectivity index (χ1) is 12.9. The highest BCUT2D eigenvalue weighted by Crippen LogP contribution is 2.27. The Labute approximate surface area is 166 Å². The van der Waals surface area contributed by atoms with E-state index in [0.717, 1.165) is 22.9 Å². The summed E-state index contributed by atoms with van der Waals surface area (Å²) in [6.07, 6.45) is 0.293. The Kier molecular flexibility index (Phi) is 6.19. The molecule has 1 fully saturated rings. The number of hydrogen-bond donors (Lipinski definition) is 0. The van der Waals surface area contributed by atoms with Crippen LogP contribution in [0.25, 0.3) is 0 Å². The van der Waals surface area contributed by atoms with E-state index < -0.39 is 0 Å². The monoisotopic (exact) mass is 386 g/mol. The van der Waals surface area contributed by atoms with Crippen LogP contribution < -0.4 is 19.3 Å². The molecule has 2 aromatic rings. The van der Waals surface area contributed by atoms with Gasteiger partial charge in [0.05, 0.1) is 12.2 Å². The number of thiocarbonyl (C=S) groups is 1. The van der Waals surface area contributed by atoms with Gasteiger partial charge in [-0.15, -0.1) is 0 Å². The van der Waals surface area contributed by atoms with E-state index in [-0.39, 0.29) is 12.2 Å². The van der Waals surface area contributed by atoms with Crippen LogP contribution in [-0.2, 0) is 4.74 Å². The van der Waals surface area contributed by atoms with E-state index in [4.69, 9.17) is 26.4 Å². The zero-order chi connectivity index (χ0) is 19.4. The minimum absolute atomic E-state index is 0.147. The van der Waals surface area contributed by atoms with Crippen LogP contribution in [0.1, 0.15) is 27.7 Å².